The Labute approximate surface area is 736 Å². The van der Waals surface area contributed by atoms with Crippen LogP contribution in [-0.4, -0.2) is 15.0 Å². The maximum Gasteiger partial charge on any atom is 0.129 e. The minimum Gasteiger partial charge on any atom is -0.219 e. The van der Waals surface area contributed by atoms with E-state index in [1.807, 2.05) is 132 Å². The Morgan fingerprint density at radius 3 is 0.727 bits per heavy atom. The average Bonchev–Trinajstić information content (AvgIpc) is 0.852. The van der Waals surface area contributed by atoms with Crippen LogP contribution in [0.5, 0.6) is 0 Å². The Balaban J connectivity index is 0.000000667. The Bertz CT molecular complexity index is 5430. The second-order valence-corrected chi connectivity index (χ2v) is 28.3. The van der Waals surface area contributed by atoms with Gasteiger partial charge in [-0.05, 0) is 273 Å². The summed E-state index contributed by atoms with van der Waals surface area (Å²) < 4.78 is 0. The van der Waals surface area contributed by atoms with Gasteiger partial charge in [-0.1, -0.05) is 435 Å². The molecule has 640 valence electrons. The van der Waals surface area contributed by atoms with Crippen LogP contribution in [0.25, 0.3) is 86.2 Å². The zero-order valence-corrected chi connectivity index (χ0v) is 81.6. The van der Waals surface area contributed by atoms with Gasteiger partial charge in [-0.25, -0.2) is 15.0 Å². The van der Waals surface area contributed by atoms with Crippen LogP contribution >= 0.6 is 0 Å². The molecule has 0 aliphatic carbocycles. The minimum absolute atomic E-state index is 0.792. The SMILES string of the molecule is CC.CC.CC.CC.CC.CC.CC.CC.Cc1cc(C)c2ccccc2c1.Cc1cc2ccccc2cc1C.Cc1ccc(C)c2ccccc12.Cc1ccc2c(C)cccc2c1.Cc1ccc2cc(C)ccc2c1.Cc1ccc2ccc(C)cc2c1.Cc1cccc2c(C)cccc12.Cc1cccc2cccc(C)c12.Cc1nc(C)nc(C)n1. The first-order valence-electron chi connectivity index (χ1n) is 44.7. The molecule has 16 aromatic carbocycles. The van der Waals surface area contributed by atoms with Crippen LogP contribution in [0.4, 0.5) is 0 Å². The van der Waals surface area contributed by atoms with E-state index in [1.165, 1.54) is 175 Å². The molecule has 17 rings (SSSR count). The van der Waals surface area contributed by atoms with Crippen molar-refractivity contribution < 1.29 is 0 Å². The lowest BCUT2D eigenvalue weighted by atomic mass is 10.0. The fourth-order valence-electron chi connectivity index (χ4n) is 13.4. The molecule has 0 radical (unpaired) electrons. The molecular formula is C118H153N3. The lowest BCUT2D eigenvalue weighted by Crippen LogP contribution is -1.97. The third-order valence-electron chi connectivity index (χ3n) is 19.1. The highest BCUT2D eigenvalue weighted by atomic mass is 15.0. The summed E-state index contributed by atoms with van der Waals surface area (Å²) in [7, 11) is 0. The molecule has 0 spiro atoms. The zero-order valence-electron chi connectivity index (χ0n) is 81.6. The van der Waals surface area contributed by atoms with E-state index >= 15 is 0 Å². The van der Waals surface area contributed by atoms with E-state index in [2.05, 4.69) is 417 Å². The third kappa shape index (κ3) is 35.8. The summed E-state index contributed by atoms with van der Waals surface area (Å²) in [6.07, 6.45) is 0. The smallest absolute Gasteiger partial charge is 0.129 e. The molecule has 0 saturated heterocycles. The molecule has 0 atom stereocenters. The van der Waals surface area contributed by atoms with E-state index in [0.717, 1.165) is 17.5 Å². The van der Waals surface area contributed by atoms with Gasteiger partial charge in [0.25, 0.3) is 0 Å². The Morgan fingerprint density at radius 2 is 0.364 bits per heavy atom. The van der Waals surface area contributed by atoms with Gasteiger partial charge in [0, 0.05) is 0 Å². The highest BCUT2D eigenvalue weighted by molar-refractivity contribution is 5.92. The van der Waals surface area contributed by atoms with Crippen molar-refractivity contribution in [1.29, 1.82) is 0 Å². The predicted octanol–water partition coefficient (Wildman–Crippen LogP) is 36.7. The third-order valence-corrected chi connectivity index (χ3v) is 19.1. The number of rotatable bonds is 0. The van der Waals surface area contributed by atoms with Gasteiger partial charge in [0.1, 0.15) is 17.5 Å². The van der Waals surface area contributed by atoms with Crippen LogP contribution in [0.1, 0.15) is 217 Å². The van der Waals surface area contributed by atoms with E-state index in [-0.39, 0.29) is 0 Å². The second-order valence-electron chi connectivity index (χ2n) is 28.3. The molecule has 1 aromatic heterocycles. The fraction of sp³-hybridized carbons (Fsp3) is 0.297. The quantitative estimate of drug-likeness (QED) is 0.152. The van der Waals surface area contributed by atoms with E-state index in [1.54, 1.807) is 0 Å². The van der Waals surface area contributed by atoms with Gasteiger partial charge >= 0.3 is 0 Å². The summed E-state index contributed by atoms with van der Waals surface area (Å²) in [6, 6.07) is 104. The molecule has 0 saturated carbocycles. The Morgan fingerprint density at radius 1 is 0.132 bits per heavy atom. The molecule has 1 heterocycles. The molecule has 0 bridgehead atoms. The normalized spacial score (nSPS) is 9.45. The van der Waals surface area contributed by atoms with E-state index < -0.39 is 0 Å². The topological polar surface area (TPSA) is 38.7 Å². The molecule has 0 N–H and O–H groups in total. The zero-order chi connectivity index (χ0) is 91.3. The molecule has 0 unspecified atom stereocenters. The summed E-state index contributed by atoms with van der Waals surface area (Å²) in [5, 5.41) is 21.7. The lowest BCUT2D eigenvalue weighted by Gasteiger charge is -2.04. The summed E-state index contributed by atoms with van der Waals surface area (Å²) >= 11 is 0. The van der Waals surface area contributed by atoms with Gasteiger partial charge in [-0.3, -0.25) is 0 Å². The molecule has 3 heteroatoms. The Hall–Kier alpha value is -11.4. The van der Waals surface area contributed by atoms with Gasteiger partial charge in [-0.2, -0.15) is 0 Å². The largest absolute Gasteiger partial charge is 0.219 e. The van der Waals surface area contributed by atoms with Gasteiger partial charge in [0.2, 0.25) is 0 Å². The van der Waals surface area contributed by atoms with Gasteiger partial charge in [-0.15, -0.1) is 0 Å². The van der Waals surface area contributed by atoms with E-state index in [4.69, 9.17) is 0 Å². The van der Waals surface area contributed by atoms with Crippen LogP contribution in [0.3, 0.4) is 0 Å². The van der Waals surface area contributed by atoms with Crippen molar-refractivity contribution in [1.82, 2.24) is 15.0 Å². The number of nitrogens with zero attached hydrogens (tertiary/aromatic N) is 3. The standard InChI is InChI=1S/8C12H12.C6H9N3.8C2H6/c1-9-3-5-12-8-10(2)4-6-11(12)7-9;1-9-3-5-11-6-4-10(2)8-12(11)7-9;1-9-5-3-8-12-10(2)6-4-7-11(9)12;1-9-5-3-7-11-8-4-6-10(2)12(9)11;1-9-6-7-12-10(2)4-3-5-11(12)8-9;1-9-7-11-5-3-4-6-12(11)8-10(9)2;1-9-7-10(2)12-6-4-3-5-11(12)8-9;1-9-7-8-10(2)12-6-4-3-5-11(9)12;1-4-7-5(2)9-6(3)8-4;8*1-2/h8*3-8H,1-2H3;1-3H3;8*1-2H3. The van der Waals surface area contributed by atoms with Crippen molar-refractivity contribution in [3.8, 4) is 0 Å². The van der Waals surface area contributed by atoms with Crippen molar-refractivity contribution >= 4 is 86.2 Å². The van der Waals surface area contributed by atoms with Crippen LogP contribution in [0, 0.1) is 132 Å². The number of hydrogen-bond donors (Lipinski definition) is 0. The highest BCUT2D eigenvalue weighted by Crippen LogP contribution is 2.27. The average molecular weight is 1610 g/mol. The first-order valence-corrected chi connectivity index (χ1v) is 44.7. The molecular weight excluding hydrogens is 1460 g/mol. The van der Waals surface area contributed by atoms with Crippen LogP contribution in [-0.2, 0) is 0 Å². The van der Waals surface area contributed by atoms with E-state index in [0.29, 0.717) is 0 Å². The van der Waals surface area contributed by atoms with Crippen LogP contribution in [0.2, 0.25) is 0 Å². The summed E-state index contributed by atoms with van der Waals surface area (Å²) in [4.78, 5) is 12.0. The summed E-state index contributed by atoms with van der Waals surface area (Å²) in [6.45, 7) is 71.9. The number of aryl methyl sites for hydroxylation is 19. The number of aromatic nitrogens is 3. The predicted molar refractivity (Wildman–Crippen MR) is 552 cm³/mol. The molecule has 0 aliphatic heterocycles. The monoisotopic (exact) mass is 1610 g/mol. The first kappa shape index (κ1) is 108. The van der Waals surface area contributed by atoms with Gasteiger partial charge in [0.05, 0.1) is 0 Å². The van der Waals surface area contributed by atoms with Crippen molar-refractivity contribution in [2.24, 2.45) is 0 Å². The van der Waals surface area contributed by atoms with Gasteiger partial charge < -0.3 is 0 Å². The maximum atomic E-state index is 4.01. The first-order chi connectivity index (χ1) is 58.4. The molecule has 3 nitrogen and oxygen atoms in total. The summed E-state index contributed by atoms with van der Waals surface area (Å²) in [5.41, 5.74) is 21.6. The highest BCUT2D eigenvalue weighted by Gasteiger charge is 2.04. The number of fused-ring (bicyclic) bond motifs is 8. The van der Waals surface area contributed by atoms with Crippen molar-refractivity contribution in [2.45, 2.75) is 242 Å². The minimum atomic E-state index is 0.792. The van der Waals surface area contributed by atoms with Crippen LogP contribution < -0.4 is 0 Å². The molecule has 121 heavy (non-hydrogen) atoms. The van der Waals surface area contributed by atoms with Crippen molar-refractivity contribution in [3.05, 3.63) is 398 Å². The van der Waals surface area contributed by atoms with E-state index in [9.17, 15) is 0 Å². The Kier molecular flexibility index (Phi) is 53.5. The number of hydrogen-bond acceptors (Lipinski definition) is 3. The van der Waals surface area contributed by atoms with Crippen molar-refractivity contribution in [3.63, 3.8) is 0 Å². The van der Waals surface area contributed by atoms with Crippen molar-refractivity contribution in [2.75, 3.05) is 0 Å². The maximum absolute atomic E-state index is 4.01. The second kappa shape index (κ2) is 60.1. The molecule has 17 aromatic rings. The number of benzene rings is 16. The van der Waals surface area contributed by atoms with Gasteiger partial charge in [0.15, 0.2) is 0 Å². The molecule has 0 aliphatic rings. The lowest BCUT2D eigenvalue weighted by molar-refractivity contribution is 0.875. The molecule has 0 amide bonds. The summed E-state index contributed by atoms with van der Waals surface area (Å²) in [5.74, 6) is 2.38. The molecule has 0 fully saturated rings. The van der Waals surface area contributed by atoms with Crippen LogP contribution in [0.15, 0.2) is 291 Å². The fourth-order valence-corrected chi connectivity index (χ4v) is 13.4.